The number of hydrogen-bond donors (Lipinski definition) is 1. The van der Waals surface area contributed by atoms with Gasteiger partial charge in [-0.15, -0.1) is 10.2 Å². The number of carbonyl (C=O) groups is 1. The van der Waals surface area contributed by atoms with Gasteiger partial charge in [0, 0.05) is 35.3 Å². The Balaban J connectivity index is 1.41. The van der Waals surface area contributed by atoms with Gasteiger partial charge in [-0.3, -0.25) is 14.6 Å². The third-order valence-corrected chi connectivity index (χ3v) is 4.94. The molecule has 5 aromatic rings. The Hall–Kier alpha value is -4.73. The maximum atomic E-state index is 12.5. The molecule has 4 heterocycles. The SMILES string of the molecule is Cc1ccc(=O)n(CC(=O)Nc2cccc(-c3ccc4nnc(-c5ccncc5)n4n3)c2)n1. The molecule has 162 valence electrons. The minimum atomic E-state index is -0.352. The Morgan fingerprint density at radius 1 is 0.939 bits per heavy atom. The maximum Gasteiger partial charge on any atom is 0.267 e. The zero-order chi connectivity index (χ0) is 22.8. The first-order valence-corrected chi connectivity index (χ1v) is 10.1. The molecule has 1 N–H and O–H groups in total. The average Bonchev–Trinajstić information content (AvgIpc) is 3.25. The number of pyridine rings is 1. The number of hydrogen-bond acceptors (Lipinski definition) is 7. The first kappa shape index (κ1) is 20.2. The lowest BCUT2D eigenvalue weighted by molar-refractivity contribution is -0.117. The normalized spacial score (nSPS) is 10.9. The summed E-state index contributed by atoms with van der Waals surface area (Å²) < 4.78 is 2.81. The van der Waals surface area contributed by atoms with Crippen LogP contribution in [0.2, 0.25) is 0 Å². The number of aromatic nitrogens is 7. The molecule has 5 rings (SSSR count). The molecule has 0 aliphatic heterocycles. The molecule has 10 nitrogen and oxygen atoms in total. The minimum Gasteiger partial charge on any atom is -0.324 e. The zero-order valence-corrected chi connectivity index (χ0v) is 17.6. The fraction of sp³-hybridized carbons (Fsp3) is 0.0870. The molecule has 33 heavy (non-hydrogen) atoms. The van der Waals surface area contributed by atoms with Crippen LogP contribution in [-0.4, -0.2) is 40.5 Å². The van der Waals surface area contributed by atoms with Gasteiger partial charge >= 0.3 is 0 Å². The van der Waals surface area contributed by atoms with Crippen molar-refractivity contribution in [3.05, 3.63) is 89.1 Å². The van der Waals surface area contributed by atoms with Crippen molar-refractivity contribution < 1.29 is 4.79 Å². The highest BCUT2D eigenvalue weighted by molar-refractivity contribution is 5.91. The van der Waals surface area contributed by atoms with Crippen molar-refractivity contribution in [3.8, 4) is 22.6 Å². The van der Waals surface area contributed by atoms with Crippen LogP contribution in [0, 0.1) is 6.92 Å². The Morgan fingerprint density at radius 2 is 1.79 bits per heavy atom. The highest BCUT2D eigenvalue weighted by Gasteiger charge is 2.12. The molecule has 1 amide bonds. The number of fused-ring (bicyclic) bond motifs is 1. The molecule has 4 aromatic heterocycles. The lowest BCUT2D eigenvalue weighted by Crippen LogP contribution is -2.29. The molecule has 10 heteroatoms. The van der Waals surface area contributed by atoms with Gasteiger partial charge in [0.15, 0.2) is 11.5 Å². The van der Waals surface area contributed by atoms with E-state index in [2.05, 4.69) is 25.6 Å². The van der Waals surface area contributed by atoms with Gasteiger partial charge in [0.1, 0.15) is 6.54 Å². The summed E-state index contributed by atoms with van der Waals surface area (Å²) in [6.45, 7) is 1.59. The summed E-state index contributed by atoms with van der Waals surface area (Å²) in [5, 5.41) is 20.0. The lowest BCUT2D eigenvalue weighted by atomic mass is 10.1. The molecular formula is C23H18N8O2. The molecule has 0 radical (unpaired) electrons. The van der Waals surface area contributed by atoms with E-state index < -0.39 is 0 Å². The molecule has 0 unspecified atom stereocenters. The van der Waals surface area contributed by atoms with Crippen LogP contribution in [0.3, 0.4) is 0 Å². The van der Waals surface area contributed by atoms with E-state index in [1.54, 1.807) is 36.0 Å². The summed E-state index contributed by atoms with van der Waals surface area (Å²) >= 11 is 0. The first-order chi connectivity index (χ1) is 16.1. The Bertz CT molecular complexity index is 1520. The van der Waals surface area contributed by atoms with Crippen LogP contribution >= 0.6 is 0 Å². The molecule has 0 bridgehead atoms. The standard InChI is InChI=1S/C23H18N8O2/c1-15-5-8-22(33)30(28-15)14-21(32)25-18-4-2-3-17(13-18)19-6-7-20-26-27-23(31(20)29-19)16-9-11-24-12-10-16/h2-13H,14H2,1H3,(H,25,32). The predicted octanol–water partition coefficient (Wildman–Crippen LogP) is 2.36. The highest BCUT2D eigenvalue weighted by Crippen LogP contribution is 2.23. The van der Waals surface area contributed by atoms with E-state index in [1.807, 2.05) is 42.5 Å². The zero-order valence-electron chi connectivity index (χ0n) is 17.6. The fourth-order valence-corrected chi connectivity index (χ4v) is 3.38. The van der Waals surface area contributed by atoms with Gasteiger partial charge in [-0.25, -0.2) is 4.68 Å². The Morgan fingerprint density at radius 3 is 2.64 bits per heavy atom. The third-order valence-electron chi connectivity index (χ3n) is 4.94. The summed E-state index contributed by atoms with van der Waals surface area (Å²) in [5.74, 6) is 0.254. The van der Waals surface area contributed by atoms with Crippen LogP contribution in [0.25, 0.3) is 28.3 Å². The second kappa shape index (κ2) is 8.42. The van der Waals surface area contributed by atoms with E-state index in [1.165, 1.54) is 6.07 Å². The molecule has 1 aromatic carbocycles. The third kappa shape index (κ3) is 4.22. The number of nitrogens with zero attached hydrogens (tertiary/aromatic N) is 7. The topological polar surface area (TPSA) is 120 Å². The predicted molar refractivity (Wildman–Crippen MR) is 121 cm³/mol. The molecule has 0 aliphatic carbocycles. The second-order valence-corrected chi connectivity index (χ2v) is 7.35. The molecule has 0 fully saturated rings. The van der Waals surface area contributed by atoms with Crippen molar-refractivity contribution in [2.24, 2.45) is 0 Å². The quantitative estimate of drug-likeness (QED) is 0.447. The number of anilines is 1. The number of aryl methyl sites for hydroxylation is 1. The van der Waals surface area contributed by atoms with Crippen LogP contribution < -0.4 is 10.9 Å². The lowest BCUT2D eigenvalue weighted by Gasteiger charge is -2.09. The van der Waals surface area contributed by atoms with Crippen molar-refractivity contribution in [3.63, 3.8) is 0 Å². The number of amides is 1. The summed E-state index contributed by atoms with van der Waals surface area (Å²) in [6.07, 6.45) is 3.37. The van der Waals surface area contributed by atoms with Gasteiger partial charge in [0.2, 0.25) is 5.91 Å². The van der Waals surface area contributed by atoms with Gasteiger partial charge in [-0.05, 0) is 49.4 Å². The largest absolute Gasteiger partial charge is 0.324 e. The molecule has 0 aliphatic rings. The van der Waals surface area contributed by atoms with Crippen molar-refractivity contribution >= 4 is 17.2 Å². The summed E-state index contributed by atoms with van der Waals surface area (Å²) in [5.41, 5.74) is 3.86. The second-order valence-electron chi connectivity index (χ2n) is 7.35. The van der Waals surface area contributed by atoms with Crippen molar-refractivity contribution in [1.82, 2.24) is 34.6 Å². The van der Waals surface area contributed by atoms with E-state index in [0.717, 1.165) is 15.8 Å². The van der Waals surface area contributed by atoms with Crippen LogP contribution in [0.15, 0.2) is 77.9 Å². The number of carbonyl (C=O) groups excluding carboxylic acids is 1. The van der Waals surface area contributed by atoms with E-state index in [-0.39, 0.29) is 18.0 Å². The van der Waals surface area contributed by atoms with Crippen LogP contribution in [-0.2, 0) is 11.3 Å². The molecule has 0 saturated carbocycles. The molecular weight excluding hydrogens is 420 g/mol. The van der Waals surface area contributed by atoms with Crippen LogP contribution in [0.4, 0.5) is 5.69 Å². The van der Waals surface area contributed by atoms with Crippen molar-refractivity contribution in [1.29, 1.82) is 0 Å². The summed E-state index contributed by atoms with van der Waals surface area (Å²) in [4.78, 5) is 28.4. The summed E-state index contributed by atoms with van der Waals surface area (Å²) in [7, 11) is 0. The Kier molecular flexibility index (Phi) is 5.15. The highest BCUT2D eigenvalue weighted by atomic mass is 16.2. The Labute approximate surface area is 187 Å². The van der Waals surface area contributed by atoms with Crippen molar-refractivity contribution in [2.75, 3.05) is 5.32 Å². The van der Waals surface area contributed by atoms with Gasteiger partial charge in [0.25, 0.3) is 5.56 Å². The molecule has 0 atom stereocenters. The minimum absolute atomic E-state index is 0.176. The van der Waals surface area contributed by atoms with Crippen molar-refractivity contribution in [2.45, 2.75) is 13.5 Å². The number of nitrogens with one attached hydrogen (secondary N) is 1. The number of benzene rings is 1. The van der Waals surface area contributed by atoms with Gasteiger partial charge < -0.3 is 5.32 Å². The van der Waals surface area contributed by atoms with E-state index in [4.69, 9.17) is 5.10 Å². The van der Waals surface area contributed by atoms with E-state index in [0.29, 0.717) is 28.5 Å². The molecule has 0 spiro atoms. The monoisotopic (exact) mass is 438 g/mol. The maximum absolute atomic E-state index is 12.5. The van der Waals surface area contributed by atoms with E-state index in [9.17, 15) is 9.59 Å². The smallest absolute Gasteiger partial charge is 0.267 e. The average molecular weight is 438 g/mol. The molecule has 0 saturated heterocycles. The van der Waals surface area contributed by atoms with Gasteiger partial charge in [-0.1, -0.05) is 12.1 Å². The van der Waals surface area contributed by atoms with Gasteiger partial charge in [-0.2, -0.15) is 14.7 Å². The van der Waals surface area contributed by atoms with E-state index >= 15 is 0 Å². The fourth-order valence-electron chi connectivity index (χ4n) is 3.38. The van der Waals surface area contributed by atoms with Gasteiger partial charge in [0.05, 0.1) is 11.4 Å². The first-order valence-electron chi connectivity index (χ1n) is 10.1. The number of rotatable bonds is 5. The summed E-state index contributed by atoms with van der Waals surface area (Å²) in [6, 6.07) is 17.7. The van der Waals surface area contributed by atoms with Crippen LogP contribution in [0.1, 0.15) is 5.69 Å². The van der Waals surface area contributed by atoms with Crippen LogP contribution in [0.5, 0.6) is 0 Å².